The molecule has 0 saturated carbocycles. The van der Waals surface area contributed by atoms with Crippen molar-refractivity contribution in [3.63, 3.8) is 0 Å². The van der Waals surface area contributed by atoms with Crippen molar-refractivity contribution in [3.05, 3.63) is 182 Å². The molecule has 0 aromatic carbocycles. The molecule has 0 bridgehead atoms. The predicted molar refractivity (Wildman–Crippen MR) is 546 cm³/mol. The highest BCUT2D eigenvalue weighted by atomic mass is 31.2. The van der Waals surface area contributed by atoms with E-state index in [-0.39, 0.29) is 19.3 Å². The number of aliphatic hydroxyl groups is 2. The van der Waals surface area contributed by atoms with Gasteiger partial charge < -0.3 is 34.2 Å². The van der Waals surface area contributed by atoms with Gasteiger partial charge in [0.15, 0.2) is 6.10 Å². The Morgan fingerprint density at radius 2 is 0.411 bits per heavy atom. The van der Waals surface area contributed by atoms with E-state index in [0.29, 0.717) is 19.3 Å². The van der Waals surface area contributed by atoms with Crippen LogP contribution in [0.5, 0.6) is 0 Å². The minimum atomic E-state index is -4.95. The lowest BCUT2D eigenvalue weighted by atomic mass is 10.0. The highest BCUT2D eigenvalue weighted by Crippen LogP contribution is 2.45. The van der Waals surface area contributed by atoms with E-state index >= 15 is 0 Å². The Bertz CT molecular complexity index is 3080. The van der Waals surface area contributed by atoms with E-state index in [1.807, 2.05) is 0 Å². The first kappa shape index (κ1) is 124. The van der Waals surface area contributed by atoms with Gasteiger partial charge in [-0.25, -0.2) is 9.13 Å². The van der Waals surface area contributed by atoms with Gasteiger partial charge in [-0.1, -0.05) is 447 Å². The van der Waals surface area contributed by atoms with Crippen LogP contribution in [0, 0.1) is 0 Å². The van der Waals surface area contributed by atoms with Gasteiger partial charge in [-0.15, -0.1) is 0 Å². The third-order valence-electron chi connectivity index (χ3n) is 22.1. The van der Waals surface area contributed by atoms with Crippen LogP contribution in [-0.4, -0.2) is 95.9 Å². The number of unbranched alkanes of at least 4 members (excludes halogenated alkanes) is 45. The summed E-state index contributed by atoms with van der Waals surface area (Å²) in [6.07, 6.45) is 135. The van der Waals surface area contributed by atoms with E-state index in [9.17, 15) is 43.5 Å². The minimum Gasteiger partial charge on any atom is -0.463 e. The Morgan fingerprint density at radius 3 is 0.651 bits per heavy atom. The number of rotatable bonds is 98. The average molecular weight is 1840 g/mol. The first-order chi connectivity index (χ1) is 63.2. The Kier molecular flexibility index (Phi) is 97.4. The van der Waals surface area contributed by atoms with Gasteiger partial charge in [0, 0.05) is 19.3 Å². The van der Waals surface area contributed by atoms with Crippen molar-refractivity contribution in [1.82, 2.24) is 0 Å². The fraction of sp³-hybridized carbons (Fsp3) is 0.703. The average Bonchev–Trinajstić information content (AvgIpc) is 0.896. The van der Waals surface area contributed by atoms with Gasteiger partial charge in [-0.3, -0.25) is 32.5 Å². The van der Waals surface area contributed by atoms with E-state index in [2.05, 4.69) is 203 Å². The number of phosphoric acid groups is 2. The summed E-state index contributed by atoms with van der Waals surface area (Å²) in [7, 11) is -9.82. The zero-order valence-electron chi connectivity index (χ0n) is 82.0. The van der Waals surface area contributed by atoms with Crippen LogP contribution in [0.15, 0.2) is 182 Å². The number of ether oxygens (including phenoxy) is 3. The van der Waals surface area contributed by atoms with Crippen molar-refractivity contribution >= 4 is 33.6 Å². The minimum absolute atomic E-state index is 0.0906. The molecule has 129 heavy (non-hydrogen) atoms. The zero-order valence-corrected chi connectivity index (χ0v) is 83.8. The summed E-state index contributed by atoms with van der Waals surface area (Å²) in [5, 5.41) is 20.8. The molecule has 5 atom stereocenters. The van der Waals surface area contributed by atoms with Crippen LogP contribution in [0.2, 0.25) is 0 Å². The summed E-state index contributed by atoms with van der Waals surface area (Å²) < 4.78 is 61.7. The normalized spacial score (nSPS) is 14.4. The molecule has 0 rings (SSSR count). The zero-order chi connectivity index (χ0) is 93.5. The van der Waals surface area contributed by atoms with Crippen molar-refractivity contribution in [2.45, 2.75) is 463 Å². The summed E-state index contributed by atoms with van der Waals surface area (Å²) in [6.45, 7) is 2.49. The Morgan fingerprint density at radius 1 is 0.225 bits per heavy atom. The molecule has 0 saturated heterocycles. The Balaban J connectivity index is 4.59. The molecular formula is C111H190O16P2. The molecule has 5 unspecified atom stereocenters. The van der Waals surface area contributed by atoms with Crippen molar-refractivity contribution in [2.24, 2.45) is 0 Å². The number of hydrogen-bond acceptors (Lipinski definition) is 14. The molecular weight excluding hydrogens is 1650 g/mol. The smallest absolute Gasteiger partial charge is 0.463 e. The number of phosphoric ester groups is 2. The monoisotopic (exact) mass is 1840 g/mol. The van der Waals surface area contributed by atoms with Crippen LogP contribution in [0.25, 0.3) is 0 Å². The van der Waals surface area contributed by atoms with E-state index < -0.39 is 91.5 Å². The molecule has 0 fully saturated rings. The van der Waals surface area contributed by atoms with Crippen molar-refractivity contribution in [2.75, 3.05) is 39.6 Å². The van der Waals surface area contributed by atoms with Crippen LogP contribution in [0.3, 0.4) is 0 Å². The quantitative estimate of drug-likeness (QED) is 0.0146. The summed E-state index contributed by atoms with van der Waals surface area (Å²) in [5.74, 6) is -1.57. The lowest BCUT2D eigenvalue weighted by Crippen LogP contribution is -2.30. The molecule has 0 radical (unpaired) electrons. The van der Waals surface area contributed by atoms with Crippen LogP contribution in [0.4, 0.5) is 0 Å². The Hall–Kier alpha value is -5.35. The fourth-order valence-electron chi connectivity index (χ4n) is 14.3. The van der Waals surface area contributed by atoms with E-state index in [0.717, 1.165) is 173 Å². The molecule has 0 heterocycles. The van der Waals surface area contributed by atoms with Crippen molar-refractivity contribution in [3.8, 4) is 0 Å². The van der Waals surface area contributed by atoms with Gasteiger partial charge in [0.05, 0.1) is 26.4 Å². The largest absolute Gasteiger partial charge is 0.472 e. The Labute approximate surface area is 789 Å². The van der Waals surface area contributed by atoms with Crippen LogP contribution in [-0.2, 0) is 55.8 Å². The van der Waals surface area contributed by atoms with Crippen molar-refractivity contribution < 1.29 is 75.8 Å². The number of carbonyl (C=O) groups excluding carboxylic acids is 3. The standard InChI is InChI=1S/C111H190O16P2/c1-4-7-10-13-16-19-22-25-28-31-34-37-40-43-46-48-50-51-52-53-55-57-59-61-64-67-70-73-76-79-82-85-88-91-94-97-109(114)121-100-106(112)101-123-128(117,118)124-102-107(113)103-125-129(119,120)126-105-108(127-111(116)99-96-93-90-87-84-81-78-75-72-69-66-63-58-45-42-39-36-33-30-27-24-21-18-15-12-9-6-3)104-122-110(115)98-95-92-89-86-83-80-77-74-71-68-65-62-60-56-54-49-47-44-41-38-35-32-29-26-23-20-17-14-11-8-5-2/h7,9-10,12,16-21,25-30,34-39,43-47,58,66,69,106-108,112-113H,4-6,8,11,13-15,22-24,31-33,40-42,48-57,59-65,67-68,70-105H2,1-3H3,(H,117,118)(H,119,120)/b10-7-,12-9-,19-16-,20-17-,21-18-,28-25-,29-26-,30-27-,37-34-,38-35-,39-36-,46-43-,47-44-,58-45-,69-66-. The molecule has 0 aromatic heterocycles. The molecule has 4 N–H and O–H groups in total. The molecule has 16 nitrogen and oxygen atoms in total. The second-order valence-corrected chi connectivity index (χ2v) is 37.5. The molecule has 0 amide bonds. The SMILES string of the molecule is CC/C=C\C/C=C\C/C=C\C/C=C\C/C=C\C/C=C\CCCCCCCCCCC(=O)OC(COC(=O)CCCCCCCCCCCCCCCCC/C=C\C/C=C\C/C=C\C/C=C\CCCCC)COP(=O)(O)OCC(O)COP(=O)(O)OCC(O)COC(=O)CCCCCCCCCCCCCCCCCCCCC/C=C\C/C=C\C/C=C\C/C=C\C/C=C\CC. The molecule has 0 aromatic rings. The maximum Gasteiger partial charge on any atom is 0.472 e. The number of esters is 3. The van der Waals surface area contributed by atoms with Gasteiger partial charge >= 0.3 is 33.6 Å². The van der Waals surface area contributed by atoms with E-state index in [1.54, 1.807) is 0 Å². The first-order valence-corrected chi connectivity index (χ1v) is 55.1. The molecule has 0 spiro atoms. The molecule has 740 valence electrons. The predicted octanol–water partition coefficient (Wildman–Crippen LogP) is 33.1. The third kappa shape index (κ3) is 103. The van der Waals surface area contributed by atoms with Crippen molar-refractivity contribution in [1.29, 1.82) is 0 Å². The van der Waals surface area contributed by atoms with Gasteiger partial charge in [0.2, 0.25) is 0 Å². The molecule has 0 aliphatic heterocycles. The maximum atomic E-state index is 13.1. The third-order valence-corrected chi connectivity index (χ3v) is 24.0. The molecule has 0 aliphatic carbocycles. The highest BCUT2D eigenvalue weighted by Gasteiger charge is 2.30. The highest BCUT2D eigenvalue weighted by molar-refractivity contribution is 7.47. The van der Waals surface area contributed by atoms with Gasteiger partial charge in [0.25, 0.3) is 0 Å². The number of hydrogen-bond donors (Lipinski definition) is 4. The maximum absolute atomic E-state index is 13.1. The van der Waals surface area contributed by atoms with Gasteiger partial charge in [-0.05, 0) is 161 Å². The van der Waals surface area contributed by atoms with Crippen LogP contribution >= 0.6 is 15.6 Å². The summed E-state index contributed by atoms with van der Waals surface area (Å²) >= 11 is 0. The lowest BCUT2D eigenvalue weighted by Gasteiger charge is -2.21. The second kappa shape index (κ2) is 102. The topological polar surface area (TPSA) is 231 Å². The first-order valence-electron chi connectivity index (χ1n) is 52.1. The lowest BCUT2D eigenvalue weighted by molar-refractivity contribution is -0.161. The summed E-state index contributed by atoms with van der Waals surface area (Å²) in [6, 6.07) is 0. The molecule has 18 heteroatoms. The number of aliphatic hydroxyl groups excluding tert-OH is 2. The van der Waals surface area contributed by atoms with E-state index in [4.69, 9.17) is 32.3 Å². The van der Waals surface area contributed by atoms with Gasteiger partial charge in [-0.2, -0.15) is 0 Å². The van der Waals surface area contributed by atoms with Gasteiger partial charge in [0.1, 0.15) is 25.4 Å². The molecule has 0 aliphatic rings. The number of carbonyl (C=O) groups is 3. The van der Waals surface area contributed by atoms with E-state index in [1.165, 1.54) is 212 Å². The van der Waals surface area contributed by atoms with Crippen LogP contribution in [0.1, 0.15) is 445 Å². The summed E-state index contributed by atoms with van der Waals surface area (Å²) in [5.41, 5.74) is 0. The van der Waals surface area contributed by atoms with Crippen LogP contribution < -0.4 is 0 Å². The summed E-state index contributed by atoms with van der Waals surface area (Å²) in [4.78, 5) is 59.2. The fourth-order valence-corrected chi connectivity index (χ4v) is 15.9. The second-order valence-electron chi connectivity index (χ2n) is 34.6. The number of allylic oxidation sites excluding steroid dienone is 30.